The van der Waals surface area contributed by atoms with Crippen LogP contribution in [0, 0.1) is 0 Å². The molecule has 7 nitrogen and oxygen atoms in total. The van der Waals surface area contributed by atoms with Crippen LogP contribution >= 0.6 is 0 Å². The van der Waals surface area contributed by atoms with E-state index in [2.05, 4.69) is 22.2 Å². The molecule has 0 aliphatic rings. The third-order valence-electron chi connectivity index (χ3n) is 5.91. The first-order valence-electron chi connectivity index (χ1n) is 12.2. The zero-order valence-electron chi connectivity index (χ0n) is 21.3. The quantitative estimate of drug-likeness (QED) is 0.233. The lowest BCUT2D eigenvalue weighted by atomic mass is 10.1. The highest BCUT2D eigenvalue weighted by atomic mass is 16.5. The summed E-state index contributed by atoms with van der Waals surface area (Å²) in [6.45, 7) is 4.40. The highest BCUT2D eigenvalue weighted by molar-refractivity contribution is 6.11. The molecule has 0 unspecified atom stereocenters. The fourth-order valence-electron chi connectivity index (χ4n) is 4.00. The van der Waals surface area contributed by atoms with Gasteiger partial charge in [0.15, 0.2) is 5.78 Å². The molecule has 1 amide bonds. The molecule has 0 aliphatic carbocycles. The van der Waals surface area contributed by atoms with Crippen molar-refractivity contribution < 1.29 is 14.3 Å². The first-order valence-corrected chi connectivity index (χ1v) is 12.2. The van der Waals surface area contributed by atoms with Crippen LogP contribution in [0.5, 0.6) is 5.75 Å². The summed E-state index contributed by atoms with van der Waals surface area (Å²) < 4.78 is 8.01. The monoisotopic (exact) mass is 494 g/mol. The standard InChI is InChI=1S/C30H30N4O3/c1-4-22-9-7-11-24(19-22)29(36)33-30-32-27-13-5-6-14-28(27)34(30)17-18-37-25-12-8-10-23(20-25)26(31-3)16-15-21(2)35/h5-16,19-20H,4,17-18H2,1-3H3,(H,32,33,36)/b16-15-,31-26+. The van der Waals surface area contributed by atoms with Crippen molar-refractivity contribution in [2.75, 3.05) is 19.0 Å². The average molecular weight is 495 g/mol. The number of aliphatic imine (C=N–C) groups is 1. The van der Waals surface area contributed by atoms with Gasteiger partial charge in [-0.05, 0) is 67.5 Å². The molecule has 0 bridgehead atoms. The average Bonchev–Trinajstić information content (AvgIpc) is 3.26. The molecule has 0 radical (unpaired) electrons. The summed E-state index contributed by atoms with van der Waals surface area (Å²) in [5.41, 5.74) is 4.95. The summed E-state index contributed by atoms with van der Waals surface area (Å²) in [7, 11) is 1.69. The maximum atomic E-state index is 13.0. The number of anilines is 1. The van der Waals surface area contributed by atoms with E-state index in [1.165, 1.54) is 13.0 Å². The number of carbonyl (C=O) groups is 2. The van der Waals surface area contributed by atoms with Gasteiger partial charge >= 0.3 is 0 Å². The van der Waals surface area contributed by atoms with E-state index in [9.17, 15) is 9.59 Å². The molecular formula is C30H30N4O3. The molecule has 1 heterocycles. The maximum Gasteiger partial charge on any atom is 0.257 e. The van der Waals surface area contributed by atoms with Crippen molar-refractivity contribution in [2.24, 2.45) is 4.99 Å². The number of allylic oxidation sites excluding steroid dienone is 2. The van der Waals surface area contributed by atoms with Crippen LogP contribution in [0.2, 0.25) is 0 Å². The number of aryl methyl sites for hydroxylation is 1. The van der Waals surface area contributed by atoms with E-state index >= 15 is 0 Å². The van der Waals surface area contributed by atoms with Crippen LogP contribution in [0.4, 0.5) is 5.95 Å². The third-order valence-corrected chi connectivity index (χ3v) is 5.91. The number of para-hydroxylation sites is 2. The van der Waals surface area contributed by atoms with Crippen molar-refractivity contribution in [1.29, 1.82) is 0 Å². The molecule has 0 saturated heterocycles. The van der Waals surface area contributed by atoms with Crippen LogP contribution in [0.3, 0.4) is 0 Å². The molecule has 0 aliphatic heterocycles. The molecule has 4 rings (SSSR count). The van der Waals surface area contributed by atoms with Gasteiger partial charge in [-0.25, -0.2) is 4.98 Å². The number of hydrogen-bond donors (Lipinski definition) is 1. The van der Waals surface area contributed by atoms with E-state index in [1.807, 2.05) is 71.3 Å². The number of imidazole rings is 1. The summed E-state index contributed by atoms with van der Waals surface area (Å²) >= 11 is 0. The lowest BCUT2D eigenvalue weighted by Gasteiger charge is -2.12. The van der Waals surface area contributed by atoms with E-state index in [1.54, 1.807) is 19.2 Å². The molecule has 0 fully saturated rings. The van der Waals surface area contributed by atoms with Gasteiger partial charge in [0.2, 0.25) is 5.95 Å². The molecule has 4 aromatic rings. The Labute approximate surface area is 216 Å². The predicted octanol–water partition coefficient (Wildman–Crippen LogP) is 5.49. The van der Waals surface area contributed by atoms with Crippen LogP contribution in [0.25, 0.3) is 11.0 Å². The summed E-state index contributed by atoms with van der Waals surface area (Å²) in [5, 5.41) is 2.98. The first kappa shape index (κ1) is 25.6. The van der Waals surface area contributed by atoms with Crippen LogP contribution in [0.15, 0.2) is 89.9 Å². The van der Waals surface area contributed by atoms with Gasteiger partial charge in [-0.2, -0.15) is 0 Å². The lowest BCUT2D eigenvalue weighted by molar-refractivity contribution is -0.112. The highest BCUT2D eigenvalue weighted by Crippen LogP contribution is 2.21. The van der Waals surface area contributed by atoms with Gasteiger partial charge in [-0.1, -0.05) is 43.3 Å². The number of amides is 1. The number of nitrogens with one attached hydrogen (secondary N) is 1. The topological polar surface area (TPSA) is 85.6 Å². The van der Waals surface area contributed by atoms with Gasteiger partial charge in [0.1, 0.15) is 12.4 Å². The Kier molecular flexibility index (Phi) is 8.26. The van der Waals surface area contributed by atoms with Crippen molar-refractivity contribution in [3.05, 3.63) is 102 Å². The second kappa shape index (κ2) is 11.9. The Balaban J connectivity index is 1.51. The van der Waals surface area contributed by atoms with Crippen molar-refractivity contribution in [3.8, 4) is 5.75 Å². The number of benzene rings is 3. The predicted molar refractivity (Wildman–Crippen MR) is 148 cm³/mol. The number of ether oxygens (including phenoxy) is 1. The van der Waals surface area contributed by atoms with E-state index < -0.39 is 0 Å². The Morgan fingerprint density at radius 3 is 2.57 bits per heavy atom. The Morgan fingerprint density at radius 2 is 1.78 bits per heavy atom. The Hall–Kier alpha value is -4.52. The van der Waals surface area contributed by atoms with E-state index in [0.717, 1.165) is 28.6 Å². The molecule has 1 aromatic heterocycles. The molecule has 3 aromatic carbocycles. The summed E-state index contributed by atoms with van der Waals surface area (Å²) in [6, 6.07) is 22.9. The van der Waals surface area contributed by atoms with Gasteiger partial charge in [0, 0.05) is 18.2 Å². The minimum absolute atomic E-state index is 0.0397. The number of ketones is 1. The number of rotatable bonds is 10. The largest absolute Gasteiger partial charge is 0.492 e. The maximum absolute atomic E-state index is 13.0. The Bertz CT molecular complexity index is 1480. The first-order chi connectivity index (χ1) is 18.0. The van der Waals surface area contributed by atoms with Crippen molar-refractivity contribution in [3.63, 3.8) is 0 Å². The van der Waals surface area contributed by atoms with Gasteiger partial charge in [-0.15, -0.1) is 0 Å². The van der Waals surface area contributed by atoms with Gasteiger partial charge in [-0.3, -0.25) is 19.9 Å². The zero-order chi connectivity index (χ0) is 26.2. The second-order valence-corrected chi connectivity index (χ2v) is 8.51. The smallest absolute Gasteiger partial charge is 0.257 e. The van der Waals surface area contributed by atoms with Crippen LogP contribution in [-0.4, -0.2) is 40.6 Å². The van der Waals surface area contributed by atoms with E-state index in [-0.39, 0.29) is 11.7 Å². The van der Waals surface area contributed by atoms with Gasteiger partial charge in [0.25, 0.3) is 5.91 Å². The zero-order valence-corrected chi connectivity index (χ0v) is 21.3. The third kappa shape index (κ3) is 6.38. The minimum atomic E-state index is -0.203. The van der Waals surface area contributed by atoms with Gasteiger partial charge in [0.05, 0.1) is 23.3 Å². The summed E-state index contributed by atoms with van der Waals surface area (Å²) in [4.78, 5) is 33.2. The second-order valence-electron chi connectivity index (χ2n) is 8.51. The van der Waals surface area contributed by atoms with Crippen LogP contribution in [-0.2, 0) is 17.8 Å². The molecule has 0 atom stereocenters. The molecule has 7 heteroatoms. The number of fused-ring (bicyclic) bond motifs is 1. The lowest BCUT2D eigenvalue weighted by Crippen LogP contribution is -2.18. The summed E-state index contributed by atoms with van der Waals surface area (Å²) in [6.07, 6.45) is 4.05. The summed E-state index contributed by atoms with van der Waals surface area (Å²) in [5.74, 6) is 0.911. The fourth-order valence-corrected chi connectivity index (χ4v) is 4.00. The van der Waals surface area contributed by atoms with Crippen molar-refractivity contribution >= 4 is 34.4 Å². The fraction of sp³-hybridized carbons (Fsp3) is 0.200. The van der Waals surface area contributed by atoms with Crippen LogP contribution < -0.4 is 10.1 Å². The minimum Gasteiger partial charge on any atom is -0.492 e. The molecule has 0 saturated carbocycles. The van der Waals surface area contributed by atoms with E-state index in [4.69, 9.17) is 4.74 Å². The highest BCUT2D eigenvalue weighted by Gasteiger charge is 2.15. The molecule has 188 valence electrons. The molecule has 37 heavy (non-hydrogen) atoms. The SMILES string of the molecule is CCc1cccc(C(=O)Nc2nc3ccccc3n2CCOc2cccc(C(/C=C\C(C)=O)=N/C)c2)c1. The van der Waals surface area contributed by atoms with E-state index in [0.29, 0.717) is 36.1 Å². The van der Waals surface area contributed by atoms with Crippen molar-refractivity contribution in [1.82, 2.24) is 9.55 Å². The van der Waals surface area contributed by atoms with Gasteiger partial charge < -0.3 is 9.30 Å². The number of nitrogens with zero attached hydrogens (tertiary/aromatic N) is 3. The Morgan fingerprint density at radius 1 is 1.00 bits per heavy atom. The normalized spacial score (nSPS) is 11.7. The number of hydrogen-bond acceptors (Lipinski definition) is 5. The number of aromatic nitrogens is 2. The molecule has 1 N–H and O–H groups in total. The number of carbonyl (C=O) groups excluding carboxylic acids is 2. The van der Waals surface area contributed by atoms with Crippen LogP contribution in [0.1, 0.15) is 35.3 Å². The van der Waals surface area contributed by atoms with Crippen molar-refractivity contribution in [2.45, 2.75) is 26.8 Å². The molecule has 0 spiro atoms. The molecular weight excluding hydrogens is 464 g/mol.